The zero-order valence-corrected chi connectivity index (χ0v) is 19.5. The number of amides is 1. The Bertz CT molecular complexity index is 1290. The standard InChI is InChI=1S/C30H28N2O2/c1-30(2)19-24-28(27(33)20-30)26(18-17-21-11-5-3-6-12-21)32(25-16-10-9-15-23(25)31-24)29(34)22-13-7-4-8-14-22/h3-18,26,31H,19-20H2,1-2H3/b18-17-/t26-/m1/s1. The molecule has 0 spiro atoms. The monoisotopic (exact) mass is 448 g/mol. The number of fused-ring (bicyclic) bond motifs is 1. The van der Waals surface area contributed by atoms with Crippen molar-refractivity contribution in [2.24, 2.45) is 5.41 Å². The average Bonchev–Trinajstić information content (AvgIpc) is 2.96. The van der Waals surface area contributed by atoms with Gasteiger partial charge in [0.1, 0.15) is 0 Å². The molecule has 1 atom stereocenters. The molecule has 34 heavy (non-hydrogen) atoms. The van der Waals surface area contributed by atoms with E-state index in [1.54, 1.807) is 4.90 Å². The van der Waals surface area contributed by atoms with Crippen LogP contribution in [0.3, 0.4) is 0 Å². The molecule has 3 aromatic carbocycles. The fourth-order valence-electron chi connectivity index (χ4n) is 4.92. The number of benzene rings is 3. The van der Waals surface area contributed by atoms with Gasteiger partial charge in [-0.3, -0.25) is 14.5 Å². The van der Waals surface area contributed by atoms with Crippen molar-refractivity contribution >= 4 is 29.1 Å². The van der Waals surface area contributed by atoms with Gasteiger partial charge in [0.05, 0.1) is 17.4 Å². The Labute approximate surface area is 200 Å². The van der Waals surface area contributed by atoms with E-state index < -0.39 is 6.04 Å². The minimum Gasteiger partial charge on any atom is -0.357 e. The van der Waals surface area contributed by atoms with Crippen LogP contribution in [0.5, 0.6) is 0 Å². The number of hydrogen-bond acceptors (Lipinski definition) is 3. The van der Waals surface area contributed by atoms with E-state index in [0.29, 0.717) is 17.6 Å². The molecule has 0 saturated heterocycles. The summed E-state index contributed by atoms with van der Waals surface area (Å²) in [5.41, 5.74) is 4.63. The average molecular weight is 449 g/mol. The Morgan fingerprint density at radius 2 is 1.56 bits per heavy atom. The second-order valence-electron chi connectivity index (χ2n) is 9.73. The summed E-state index contributed by atoms with van der Waals surface area (Å²) >= 11 is 0. The number of nitrogens with one attached hydrogen (secondary N) is 1. The molecule has 4 nitrogen and oxygen atoms in total. The van der Waals surface area contributed by atoms with Gasteiger partial charge >= 0.3 is 0 Å². The SMILES string of the molecule is CC1(C)CC(=O)C2=C(C1)Nc1ccccc1N(C(=O)c1ccccc1)[C@@H]2/C=C\c1ccccc1. The van der Waals surface area contributed by atoms with Gasteiger partial charge in [-0.1, -0.05) is 86.7 Å². The smallest absolute Gasteiger partial charge is 0.259 e. The number of Topliss-reactive ketones (excluding diaryl/α,β-unsaturated/α-hetero) is 1. The summed E-state index contributed by atoms with van der Waals surface area (Å²) in [6, 6.07) is 26.5. The first-order valence-corrected chi connectivity index (χ1v) is 11.7. The molecule has 5 rings (SSSR count). The molecule has 1 aliphatic heterocycles. The van der Waals surface area contributed by atoms with Gasteiger partial charge in [0, 0.05) is 23.3 Å². The van der Waals surface area contributed by atoms with Crippen molar-refractivity contribution in [3.8, 4) is 0 Å². The lowest BCUT2D eigenvalue weighted by atomic mass is 9.74. The minimum absolute atomic E-state index is 0.0835. The van der Waals surface area contributed by atoms with E-state index >= 15 is 0 Å². The van der Waals surface area contributed by atoms with E-state index in [0.717, 1.165) is 29.1 Å². The van der Waals surface area contributed by atoms with Crippen LogP contribution in [0.15, 0.2) is 102 Å². The van der Waals surface area contributed by atoms with Gasteiger partial charge < -0.3 is 5.32 Å². The molecule has 1 amide bonds. The number of nitrogens with zero attached hydrogens (tertiary/aromatic N) is 1. The molecule has 1 N–H and O–H groups in total. The van der Waals surface area contributed by atoms with Crippen LogP contribution in [0.2, 0.25) is 0 Å². The second kappa shape index (κ2) is 8.79. The molecule has 0 unspecified atom stereocenters. The molecule has 170 valence electrons. The summed E-state index contributed by atoms with van der Waals surface area (Å²) in [4.78, 5) is 29.4. The lowest BCUT2D eigenvalue weighted by Gasteiger charge is -2.35. The Morgan fingerprint density at radius 3 is 2.29 bits per heavy atom. The number of ketones is 1. The van der Waals surface area contributed by atoms with E-state index in [9.17, 15) is 9.59 Å². The third-order valence-electron chi connectivity index (χ3n) is 6.45. The molecule has 0 fully saturated rings. The highest BCUT2D eigenvalue weighted by Gasteiger charge is 2.41. The van der Waals surface area contributed by atoms with E-state index in [2.05, 4.69) is 19.2 Å². The van der Waals surface area contributed by atoms with Crippen molar-refractivity contribution in [3.63, 3.8) is 0 Å². The summed E-state index contributed by atoms with van der Waals surface area (Å²) < 4.78 is 0. The lowest BCUT2D eigenvalue weighted by Crippen LogP contribution is -2.44. The van der Waals surface area contributed by atoms with E-state index in [4.69, 9.17) is 0 Å². The van der Waals surface area contributed by atoms with Gasteiger partial charge in [-0.25, -0.2) is 0 Å². The Hall–Kier alpha value is -3.92. The van der Waals surface area contributed by atoms with E-state index in [-0.39, 0.29) is 17.1 Å². The third kappa shape index (κ3) is 4.19. The molecule has 0 radical (unpaired) electrons. The fourth-order valence-corrected chi connectivity index (χ4v) is 4.92. The van der Waals surface area contributed by atoms with Crippen LogP contribution in [-0.4, -0.2) is 17.7 Å². The number of carbonyl (C=O) groups excluding carboxylic acids is 2. The first-order chi connectivity index (χ1) is 16.4. The summed E-state index contributed by atoms with van der Waals surface area (Å²) in [7, 11) is 0. The Balaban J connectivity index is 1.72. The summed E-state index contributed by atoms with van der Waals surface area (Å²) in [5, 5.41) is 3.54. The van der Waals surface area contributed by atoms with Crippen molar-refractivity contribution in [2.45, 2.75) is 32.7 Å². The Morgan fingerprint density at radius 1 is 0.912 bits per heavy atom. The van der Waals surface area contributed by atoms with Gasteiger partial charge in [0.25, 0.3) is 5.91 Å². The van der Waals surface area contributed by atoms with Gasteiger partial charge in [0.2, 0.25) is 0 Å². The molecular formula is C30H28N2O2. The molecule has 0 bridgehead atoms. The molecule has 1 aliphatic carbocycles. The predicted molar refractivity (Wildman–Crippen MR) is 138 cm³/mol. The first kappa shape index (κ1) is 21.9. The van der Waals surface area contributed by atoms with Gasteiger partial charge in [-0.2, -0.15) is 0 Å². The molecule has 0 aromatic heterocycles. The lowest BCUT2D eigenvalue weighted by molar-refractivity contribution is -0.118. The van der Waals surface area contributed by atoms with Crippen molar-refractivity contribution in [1.82, 2.24) is 0 Å². The number of hydrogen-bond donors (Lipinski definition) is 1. The van der Waals surface area contributed by atoms with Gasteiger partial charge in [-0.05, 0) is 41.7 Å². The molecule has 4 heteroatoms. The van der Waals surface area contributed by atoms with Crippen molar-refractivity contribution in [3.05, 3.63) is 113 Å². The normalized spacial score (nSPS) is 19.3. The van der Waals surface area contributed by atoms with Gasteiger partial charge in [0.15, 0.2) is 5.78 Å². The molecule has 1 heterocycles. The van der Waals surface area contributed by atoms with Crippen LogP contribution >= 0.6 is 0 Å². The molecule has 3 aromatic rings. The highest BCUT2D eigenvalue weighted by Crippen LogP contribution is 2.44. The number of anilines is 2. The maximum Gasteiger partial charge on any atom is 0.259 e. The molecular weight excluding hydrogens is 420 g/mol. The molecule has 2 aliphatic rings. The highest BCUT2D eigenvalue weighted by molar-refractivity contribution is 6.12. The maximum absolute atomic E-state index is 14.0. The highest BCUT2D eigenvalue weighted by atomic mass is 16.2. The molecule has 0 saturated carbocycles. The quantitative estimate of drug-likeness (QED) is 0.499. The largest absolute Gasteiger partial charge is 0.357 e. The van der Waals surface area contributed by atoms with Crippen LogP contribution in [-0.2, 0) is 4.79 Å². The zero-order chi connectivity index (χ0) is 23.7. The Kier molecular flexibility index (Phi) is 5.66. The third-order valence-corrected chi connectivity index (χ3v) is 6.45. The predicted octanol–water partition coefficient (Wildman–Crippen LogP) is 6.48. The van der Waals surface area contributed by atoms with Crippen LogP contribution in [0.25, 0.3) is 6.08 Å². The fraction of sp³-hybridized carbons (Fsp3) is 0.200. The number of rotatable bonds is 3. The first-order valence-electron chi connectivity index (χ1n) is 11.7. The summed E-state index contributed by atoms with van der Waals surface area (Å²) in [6.45, 7) is 4.24. The van der Waals surface area contributed by atoms with Gasteiger partial charge in [-0.15, -0.1) is 0 Å². The summed E-state index contributed by atoms with van der Waals surface area (Å²) in [6.07, 6.45) is 5.19. The summed E-state index contributed by atoms with van der Waals surface area (Å²) in [5.74, 6) is -0.0518. The number of para-hydroxylation sites is 2. The van der Waals surface area contributed by atoms with Crippen LogP contribution < -0.4 is 10.2 Å². The number of carbonyl (C=O) groups is 2. The maximum atomic E-state index is 14.0. The van der Waals surface area contributed by atoms with E-state index in [1.165, 1.54) is 0 Å². The van der Waals surface area contributed by atoms with E-state index in [1.807, 2.05) is 97.1 Å². The van der Waals surface area contributed by atoms with Crippen molar-refractivity contribution in [2.75, 3.05) is 10.2 Å². The van der Waals surface area contributed by atoms with Crippen LogP contribution in [0.1, 0.15) is 42.6 Å². The van der Waals surface area contributed by atoms with Crippen LogP contribution in [0, 0.1) is 5.41 Å². The van der Waals surface area contributed by atoms with Crippen molar-refractivity contribution < 1.29 is 9.59 Å². The van der Waals surface area contributed by atoms with Crippen LogP contribution in [0.4, 0.5) is 11.4 Å². The van der Waals surface area contributed by atoms with Crippen molar-refractivity contribution in [1.29, 1.82) is 0 Å². The second-order valence-corrected chi connectivity index (χ2v) is 9.73. The zero-order valence-electron chi connectivity index (χ0n) is 19.5. The topological polar surface area (TPSA) is 49.4 Å². The number of allylic oxidation sites excluding steroid dienone is 1. The minimum atomic E-state index is -0.525.